The highest BCUT2D eigenvalue weighted by molar-refractivity contribution is 7.81. The van der Waals surface area contributed by atoms with E-state index >= 15 is 0 Å². The van der Waals surface area contributed by atoms with E-state index in [2.05, 4.69) is 0 Å². The van der Waals surface area contributed by atoms with E-state index in [0.717, 1.165) is 27.6 Å². The number of carboxylic acids is 1. The van der Waals surface area contributed by atoms with Gasteiger partial charge in [0, 0.05) is 6.07 Å². The molecule has 0 aliphatic carbocycles. The molecule has 0 amide bonds. The van der Waals surface area contributed by atoms with Crippen molar-refractivity contribution >= 4 is 28.6 Å². The van der Waals surface area contributed by atoms with Crippen LogP contribution in [-0.2, 0) is 11.3 Å². The Balaban J connectivity index is 1.97. The molecule has 0 aliphatic rings. The molecule has 2 N–H and O–H groups in total. The third kappa shape index (κ3) is 3.58. The Morgan fingerprint density at radius 1 is 0.885 bits per heavy atom. The summed E-state index contributed by atoms with van der Waals surface area (Å²) < 4.78 is 24.4. The van der Waals surface area contributed by atoms with Crippen molar-refractivity contribution in [1.29, 1.82) is 0 Å². The van der Waals surface area contributed by atoms with Crippen molar-refractivity contribution in [3.8, 4) is 16.9 Å². The van der Waals surface area contributed by atoms with Crippen molar-refractivity contribution in [2.45, 2.75) is 0 Å². The van der Waals surface area contributed by atoms with Gasteiger partial charge in [-0.2, -0.15) is 0 Å². The lowest BCUT2D eigenvalue weighted by atomic mass is 10.1. The van der Waals surface area contributed by atoms with E-state index in [4.69, 9.17) is 5.11 Å². The lowest BCUT2D eigenvalue weighted by Crippen LogP contribution is -2.19. The molecule has 3 aromatic carbocycles. The number of aromatic carboxylic acids is 1. The van der Waals surface area contributed by atoms with Crippen LogP contribution in [0.3, 0.4) is 0 Å². The molecular weight excluding hydrogens is 354 g/mol. The van der Waals surface area contributed by atoms with Crippen LogP contribution in [0.25, 0.3) is 11.1 Å². The van der Waals surface area contributed by atoms with E-state index in [1.54, 1.807) is 24.3 Å². The van der Waals surface area contributed by atoms with Crippen molar-refractivity contribution in [3.63, 3.8) is 0 Å². The van der Waals surface area contributed by atoms with E-state index in [1.807, 2.05) is 30.3 Å². The van der Waals surface area contributed by atoms with Crippen molar-refractivity contribution in [3.05, 3.63) is 78.4 Å². The second kappa shape index (κ2) is 7.38. The molecule has 26 heavy (non-hydrogen) atoms. The van der Waals surface area contributed by atoms with Gasteiger partial charge < -0.3 is 14.8 Å². The van der Waals surface area contributed by atoms with Crippen molar-refractivity contribution < 1.29 is 23.8 Å². The van der Waals surface area contributed by atoms with Gasteiger partial charge in [-0.15, -0.1) is 0 Å². The van der Waals surface area contributed by atoms with E-state index in [0.29, 0.717) is 5.69 Å². The van der Waals surface area contributed by atoms with Gasteiger partial charge in [-0.05, 0) is 35.4 Å². The number of hydrogen-bond donors (Lipinski definition) is 2. The first-order valence-electron chi connectivity index (χ1n) is 7.58. The number of hydrogen-bond acceptors (Lipinski definition) is 4. The Bertz CT molecular complexity index is 957. The van der Waals surface area contributed by atoms with Crippen LogP contribution < -0.4 is 4.31 Å². The van der Waals surface area contributed by atoms with E-state index in [-0.39, 0.29) is 11.3 Å². The van der Waals surface area contributed by atoms with Crippen molar-refractivity contribution in [1.82, 2.24) is 0 Å². The zero-order chi connectivity index (χ0) is 18.7. The summed E-state index contributed by atoms with van der Waals surface area (Å²) in [5, 5.41) is 18.8. The fourth-order valence-corrected chi connectivity index (χ4v) is 3.15. The summed E-state index contributed by atoms with van der Waals surface area (Å²) in [6.45, 7) is 0. The Morgan fingerprint density at radius 3 is 2.00 bits per heavy atom. The van der Waals surface area contributed by atoms with Gasteiger partial charge in [0.15, 0.2) is 0 Å². The first-order chi connectivity index (χ1) is 12.5. The highest BCUT2D eigenvalue weighted by Gasteiger charge is 2.15. The molecule has 3 aromatic rings. The quantitative estimate of drug-likeness (QED) is 0.669. The minimum Gasteiger partial charge on any atom is -0.755 e. The van der Waals surface area contributed by atoms with Crippen molar-refractivity contribution in [2.24, 2.45) is 0 Å². The lowest BCUT2D eigenvalue weighted by molar-refractivity contribution is 0.0694. The molecule has 0 radical (unpaired) electrons. The van der Waals surface area contributed by atoms with Gasteiger partial charge >= 0.3 is 5.97 Å². The number of aromatic hydroxyl groups is 1. The maximum atomic E-state index is 11.7. The predicted octanol–water partition coefficient (Wildman–Crippen LogP) is 3.69. The van der Waals surface area contributed by atoms with Crippen molar-refractivity contribution in [2.75, 3.05) is 4.31 Å². The predicted molar refractivity (Wildman–Crippen MR) is 98.0 cm³/mol. The number of carbonyl (C=O) groups is 1. The third-order valence-electron chi connectivity index (χ3n) is 3.80. The molecule has 1 unspecified atom stereocenters. The number of nitrogens with zero attached hydrogens (tertiary/aromatic N) is 1. The molecule has 0 saturated heterocycles. The molecule has 3 rings (SSSR count). The lowest BCUT2D eigenvalue weighted by Gasteiger charge is -2.27. The fourth-order valence-electron chi connectivity index (χ4n) is 2.57. The molecule has 0 bridgehead atoms. The highest BCUT2D eigenvalue weighted by atomic mass is 32.2. The first-order valence-corrected chi connectivity index (χ1v) is 8.62. The Labute approximate surface area is 152 Å². The van der Waals surface area contributed by atoms with Crippen LogP contribution in [0, 0.1) is 0 Å². The molecular formula is C19H14NO5S-. The van der Waals surface area contributed by atoms with Gasteiger partial charge in [0.2, 0.25) is 0 Å². The number of benzene rings is 3. The maximum absolute atomic E-state index is 11.7. The smallest absolute Gasteiger partial charge is 0.339 e. The third-order valence-corrected chi connectivity index (χ3v) is 4.52. The SMILES string of the molecule is O=C(O)c1ccc(N(c2ccc(-c3ccccc3)cc2)S(=O)[O-])cc1O. The van der Waals surface area contributed by atoms with Gasteiger partial charge in [0.1, 0.15) is 11.3 Å². The average Bonchev–Trinajstić information content (AvgIpc) is 2.63. The zero-order valence-electron chi connectivity index (χ0n) is 13.4. The van der Waals surface area contributed by atoms with E-state index in [1.165, 1.54) is 6.07 Å². The van der Waals surface area contributed by atoms with Gasteiger partial charge in [0.05, 0.1) is 22.6 Å². The van der Waals surface area contributed by atoms with E-state index in [9.17, 15) is 18.7 Å². The molecule has 0 heterocycles. The average molecular weight is 368 g/mol. The number of anilines is 2. The summed E-state index contributed by atoms with van der Waals surface area (Å²) in [6.07, 6.45) is 0. The maximum Gasteiger partial charge on any atom is 0.339 e. The monoisotopic (exact) mass is 368 g/mol. The van der Waals surface area contributed by atoms with Crippen LogP contribution in [0.15, 0.2) is 72.8 Å². The van der Waals surface area contributed by atoms with Crippen LogP contribution in [0.5, 0.6) is 5.75 Å². The second-order valence-corrected chi connectivity index (χ2v) is 6.23. The van der Waals surface area contributed by atoms with Gasteiger partial charge in [-0.25, -0.2) is 4.79 Å². The summed E-state index contributed by atoms with van der Waals surface area (Å²) in [6, 6.07) is 20.1. The van der Waals surface area contributed by atoms with Crippen LogP contribution >= 0.6 is 0 Å². The molecule has 0 aliphatic heterocycles. The Morgan fingerprint density at radius 2 is 1.46 bits per heavy atom. The summed E-state index contributed by atoms with van der Waals surface area (Å²) >= 11 is -2.66. The van der Waals surface area contributed by atoms with Crippen LogP contribution in [0.4, 0.5) is 11.4 Å². The fraction of sp³-hybridized carbons (Fsp3) is 0. The summed E-state index contributed by atoms with van der Waals surface area (Å²) in [5.74, 6) is -1.80. The highest BCUT2D eigenvalue weighted by Crippen LogP contribution is 2.32. The van der Waals surface area contributed by atoms with E-state index < -0.39 is 23.0 Å². The van der Waals surface area contributed by atoms with Gasteiger partial charge in [0.25, 0.3) is 0 Å². The molecule has 0 fully saturated rings. The summed E-state index contributed by atoms with van der Waals surface area (Å²) in [5.41, 5.74) is 2.12. The minimum atomic E-state index is -2.66. The Hall–Kier alpha value is -3.16. The van der Waals surface area contributed by atoms with Gasteiger partial charge in [-0.3, -0.25) is 8.51 Å². The Kier molecular flexibility index (Phi) is 5.01. The van der Waals surface area contributed by atoms with Gasteiger partial charge in [-0.1, -0.05) is 42.5 Å². The molecule has 0 aromatic heterocycles. The standard InChI is InChI=1S/C19H15NO5S/c21-18-12-16(10-11-17(18)19(22)23)20(26(24)25)15-8-6-14(7-9-15)13-4-2-1-3-5-13/h1-12,21H,(H,22,23)(H,24,25)/p-1. The molecule has 0 saturated carbocycles. The molecule has 6 nitrogen and oxygen atoms in total. The first kappa shape index (κ1) is 17.7. The topological polar surface area (TPSA) is 101 Å². The molecule has 1 atom stereocenters. The van der Waals surface area contributed by atoms with Crippen LogP contribution in [-0.4, -0.2) is 24.9 Å². The summed E-state index contributed by atoms with van der Waals surface area (Å²) in [7, 11) is 0. The number of phenols is 1. The largest absolute Gasteiger partial charge is 0.755 e. The zero-order valence-corrected chi connectivity index (χ0v) is 14.2. The minimum absolute atomic E-state index is 0.133. The van der Waals surface area contributed by atoms with Crippen LogP contribution in [0.1, 0.15) is 10.4 Å². The van der Waals surface area contributed by atoms with Crippen LogP contribution in [0.2, 0.25) is 0 Å². The number of rotatable bonds is 5. The normalized spacial score (nSPS) is 11.7. The molecule has 132 valence electrons. The summed E-state index contributed by atoms with van der Waals surface area (Å²) in [4.78, 5) is 11.0. The number of carboxylic acid groups (broad SMARTS) is 1. The molecule has 7 heteroatoms. The molecule has 0 spiro atoms. The second-order valence-electron chi connectivity index (χ2n) is 5.43.